The molecule has 8 heteroatoms. The number of carbonyl (C=O) groups is 1. The molecular weight excluding hydrogens is 431 g/mol. The van der Waals surface area contributed by atoms with Crippen molar-refractivity contribution in [3.8, 4) is 17.1 Å². The molecule has 0 radical (unpaired) electrons. The molecule has 6 nitrogen and oxygen atoms in total. The third-order valence-corrected chi connectivity index (χ3v) is 5.65. The first-order valence-electron chi connectivity index (χ1n) is 9.42. The van der Waals surface area contributed by atoms with Crippen molar-refractivity contribution in [2.45, 2.75) is 18.9 Å². The number of hydrogen-bond acceptors (Lipinski definition) is 5. The van der Waals surface area contributed by atoms with Crippen LogP contribution < -0.4 is 10.2 Å². The zero-order valence-corrected chi connectivity index (χ0v) is 17.3. The maximum Gasteiger partial charge on any atom is 0.306 e. The molecule has 1 fully saturated rings. The van der Waals surface area contributed by atoms with E-state index in [2.05, 4.69) is 0 Å². The molecule has 0 aliphatic heterocycles. The summed E-state index contributed by atoms with van der Waals surface area (Å²) in [6.45, 7) is 0.626. The van der Waals surface area contributed by atoms with Gasteiger partial charge < -0.3 is 19.0 Å². The number of aliphatic carboxylic acids is 1. The highest BCUT2D eigenvalue weighted by molar-refractivity contribution is 6.34. The number of fused-ring (bicyclic) bond motifs is 1. The van der Waals surface area contributed by atoms with Gasteiger partial charge in [-0.25, -0.2) is 0 Å². The number of para-hydroxylation sites is 1. The first kappa shape index (κ1) is 20.7. The molecule has 1 heterocycles. The van der Waals surface area contributed by atoms with E-state index in [1.165, 1.54) is 6.07 Å². The lowest BCUT2D eigenvalue weighted by Gasteiger charge is -2.31. The Hall–Kier alpha value is -2.54. The highest BCUT2D eigenvalue weighted by atomic mass is 35.5. The Morgan fingerprint density at radius 2 is 1.90 bits per heavy atom. The molecule has 1 aromatic heterocycles. The van der Waals surface area contributed by atoms with Gasteiger partial charge in [0.1, 0.15) is 18.1 Å². The first-order valence-corrected chi connectivity index (χ1v) is 10.2. The maximum absolute atomic E-state index is 12.4. The normalized spacial score (nSPS) is 18.2. The number of hydrogen-bond donors (Lipinski definition) is 1. The molecule has 3 aromatic rings. The fourth-order valence-corrected chi connectivity index (χ4v) is 3.77. The largest absolute Gasteiger partial charge is 0.490 e. The van der Waals surface area contributed by atoms with Crippen LogP contribution in [-0.4, -0.2) is 30.4 Å². The molecule has 156 valence electrons. The molecule has 0 atom stereocenters. The van der Waals surface area contributed by atoms with Gasteiger partial charge in [-0.1, -0.05) is 29.3 Å². The van der Waals surface area contributed by atoms with Crippen LogP contribution >= 0.6 is 23.2 Å². The van der Waals surface area contributed by atoms with Crippen molar-refractivity contribution in [1.82, 2.24) is 0 Å². The summed E-state index contributed by atoms with van der Waals surface area (Å²) in [5.41, 5.74) is 0.761. The lowest BCUT2D eigenvalue weighted by atomic mass is 9.82. The van der Waals surface area contributed by atoms with E-state index in [4.69, 9.17) is 42.2 Å². The maximum atomic E-state index is 12.4. The second kappa shape index (κ2) is 8.68. The predicted molar refractivity (Wildman–Crippen MR) is 114 cm³/mol. The van der Waals surface area contributed by atoms with Crippen LogP contribution in [0.3, 0.4) is 0 Å². The van der Waals surface area contributed by atoms with Gasteiger partial charge in [0.2, 0.25) is 0 Å². The topological polar surface area (TPSA) is 86.0 Å². The van der Waals surface area contributed by atoms with Crippen molar-refractivity contribution in [1.29, 1.82) is 0 Å². The molecule has 0 spiro atoms. The average Bonchev–Trinajstić information content (AvgIpc) is 2.67. The van der Waals surface area contributed by atoms with Gasteiger partial charge in [-0.2, -0.15) is 0 Å². The summed E-state index contributed by atoms with van der Waals surface area (Å²) >= 11 is 12.5. The zero-order valence-electron chi connectivity index (χ0n) is 15.8. The van der Waals surface area contributed by atoms with E-state index in [1.54, 1.807) is 36.4 Å². The lowest BCUT2D eigenvalue weighted by Crippen LogP contribution is -2.37. The molecule has 0 bridgehead atoms. The molecule has 1 aliphatic carbocycles. The van der Waals surface area contributed by atoms with Gasteiger partial charge in [-0.05, 0) is 43.2 Å². The second-order valence-corrected chi connectivity index (χ2v) is 7.90. The van der Waals surface area contributed by atoms with E-state index in [0.717, 1.165) is 0 Å². The quantitative estimate of drug-likeness (QED) is 0.510. The first-order chi connectivity index (χ1) is 14.4. The molecular formula is C22H18Cl2O6. The number of halogens is 2. The van der Waals surface area contributed by atoms with Crippen molar-refractivity contribution >= 4 is 40.1 Å². The van der Waals surface area contributed by atoms with Crippen LogP contribution in [0.15, 0.2) is 51.7 Å². The van der Waals surface area contributed by atoms with Crippen molar-refractivity contribution in [3.05, 3.63) is 62.7 Å². The zero-order chi connectivity index (χ0) is 21.3. The van der Waals surface area contributed by atoms with Gasteiger partial charge in [0.05, 0.1) is 34.1 Å². The third kappa shape index (κ3) is 4.31. The van der Waals surface area contributed by atoms with E-state index in [0.29, 0.717) is 57.5 Å². The summed E-state index contributed by atoms with van der Waals surface area (Å²) in [5, 5.41) is 10.0. The fraction of sp³-hybridized carbons (Fsp3) is 0.273. The minimum atomic E-state index is -0.775. The molecule has 0 saturated heterocycles. The summed E-state index contributed by atoms with van der Waals surface area (Å²) in [7, 11) is 0. The molecule has 30 heavy (non-hydrogen) atoms. The molecule has 0 unspecified atom stereocenters. The Kier molecular flexibility index (Phi) is 5.99. The second-order valence-electron chi connectivity index (χ2n) is 7.08. The van der Waals surface area contributed by atoms with E-state index in [-0.39, 0.29) is 24.1 Å². The van der Waals surface area contributed by atoms with Gasteiger partial charge in [-0.15, -0.1) is 0 Å². The number of benzene rings is 2. The Labute approximate surface area is 181 Å². The standard InChI is InChI=1S/C22H18Cl2O6/c23-16-3-1-2-15-18(25)11-20(30-21(15)16)12-4-5-19(17(24)10-12)29-7-6-28-14-8-13(9-14)22(26)27/h1-5,10-11,13-14H,6-9H2,(H,26,27)/t13-,14+. The van der Waals surface area contributed by atoms with Gasteiger partial charge >= 0.3 is 5.97 Å². The van der Waals surface area contributed by atoms with Crippen LogP contribution in [-0.2, 0) is 9.53 Å². The van der Waals surface area contributed by atoms with Crippen molar-refractivity contribution in [3.63, 3.8) is 0 Å². The van der Waals surface area contributed by atoms with Crippen LogP contribution in [0.2, 0.25) is 10.0 Å². The van der Waals surface area contributed by atoms with Crippen LogP contribution in [0.1, 0.15) is 12.8 Å². The number of carboxylic acids is 1. The van der Waals surface area contributed by atoms with Crippen molar-refractivity contribution < 1.29 is 23.8 Å². The number of ether oxygens (including phenoxy) is 2. The molecule has 4 rings (SSSR count). The third-order valence-electron chi connectivity index (χ3n) is 5.06. The van der Waals surface area contributed by atoms with Gasteiger partial charge in [0.15, 0.2) is 11.0 Å². The van der Waals surface area contributed by atoms with E-state index >= 15 is 0 Å². The van der Waals surface area contributed by atoms with E-state index in [9.17, 15) is 9.59 Å². The number of carboxylic acid groups (broad SMARTS) is 1. The molecule has 1 saturated carbocycles. The summed E-state index contributed by atoms with van der Waals surface area (Å²) in [4.78, 5) is 23.2. The summed E-state index contributed by atoms with van der Waals surface area (Å²) < 4.78 is 17.1. The molecule has 1 aliphatic rings. The summed E-state index contributed by atoms with van der Waals surface area (Å²) in [5.74, 6) is -0.247. The van der Waals surface area contributed by atoms with E-state index < -0.39 is 5.97 Å². The van der Waals surface area contributed by atoms with Crippen LogP contribution in [0.5, 0.6) is 5.75 Å². The average molecular weight is 449 g/mol. The van der Waals surface area contributed by atoms with E-state index in [1.807, 2.05) is 0 Å². The van der Waals surface area contributed by atoms with Crippen molar-refractivity contribution in [2.75, 3.05) is 13.2 Å². The molecule has 0 amide bonds. The van der Waals surface area contributed by atoms with Crippen LogP contribution in [0.25, 0.3) is 22.3 Å². The smallest absolute Gasteiger partial charge is 0.306 e. The van der Waals surface area contributed by atoms with Crippen LogP contribution in [0.4, 0.5) is 0 Å². The highest BCUT2D eigenvalue weighted by Gasteiger charge is 2.34. The predicted octanol–water partition coefficient (Wildman–Crippen LogP) is 5.03. The van der Waals surface area contributed by atoms with Crippen LogP contribution in [0, 0.1) is 5.92 Å². The summed E-state index contributed by atoms with van der Waals surface area (Å²) in [6, 6.07) is 11.5. The van der Waals surface area contributed by atoms with Crippen molar-refractivity contribution in [2.24, 2.45) is 5.92 Å². The highest BCUT2D eigenvalue weighted by Crippen LogP contribution is 2.33. The fourth-order valence-electron chi connectivity index (χ4n) is 3.33. The lowest BCUT2D eigenvalue weighted by molar-refractivity contribution is -0.151. The monoisotopic (exact) mass is 448 g/mol. The summed E-state index contributed by atoms with van der Waals surface area (Å²) in [6.07, 6.45) is 1.03. The van der Waals surface area contributed by atoms with Gasteiger partial charge in [-0.3, -0.25) is 9.59 Å². The minimum Gasteiger partial charge on any atom is -0.490 e. The SMILES string of the molecule is O=c1cc(-c2ccc(OCCO[C@H]3C[C@@H](C(=O)O)C3)c(Cl)c2)oc2c(Cl)cccc12. The Morgan fingerprint density at radius 3 is 2.63 bits per heavy atom. The Morgan fingerprint density at radius 1 is 1.10 bits per heavy atom. The number of rotatable bonds is 7. The molecule has 1 N–H and O–H groups in total. The molecule has 2 aromatic carbocycles. The van der Waals surface area contributed by atoms with Gasteiger partial charge in [0, 0.05) is 11.6 Å². The minimum absolute atomic E-state index is 0.0322. The van der Waals surface area contributed by atoms with Gasteiger partial charge in [0.25, 0.3) is 0 Å². The Balaban J connectivity index is 1.40. The Bertz CT molecular complexity index is 1150.